The number of amides is 1. The Kier molecular flexibility index (Phi) is 4.68. The topological polar surface area (TPSA) is 66.4 Å². The number of hydrogen-bond acceptors (Lipinski definition) is 2. The Balaban J connectivity index is 2.10. The molecular formula is C16H18F3NO3. The van der Waals surface area contributed by atoms with Gasteiger partial charge in [0.2, 0.25) is 5.91 Å². The molecule has 126 valence electrons. The van der Waals surface area contributed by atoms with Gasteiger partial charge in [0, 0.05) is 6.54 Å². The molecule has 0 saturated heterocycles. The number of rotatable bonds is 6. The molecule has 0 radical (unpaired) electrons. The average molecular weight is 329 g/mol. The van der Waals surface area contributed by atoms with E-state index in [2.05, 4.69) is 5.32 Å². The van der Waals surface area contributed by atoms with E-state index < -0.39 is 34.9 Å². The van der Waals surface area contributed by atoms with Crippen LogP contribution < -0.4 is 5.32 Å². The summed E-state index contributed by atoms with van der Waals surface area (Å²) in [5.74, 6) is -2.13. The fourth-order valence-corrected chi connectivity index (χ4v) is 2.50. The molecule has 1 atom stereocenters. The standard InChI is InChI=1S/C16H18F3NO3/c1-2-12(10-4-3-5-11(8-10)16(17,18)19)13(21)20-9-15(6-7-15)14(22)23/h3-5,8,12H,2,6-7,9H2,1H3,(H,20,21)(H,22,23). The Bertz CT molecular complexity index is 609. The van der Waals surface area contributed by atoms with E-state index in [9.17, 15) is 22.8 Å². The van der Waals surface area contributed by atoms with Crippen molar-refractivity contribution in [1.29, 1.82) is 0 Å². The van der Waals surface area contributed by atoms with Crippen LogP contribution in [0.2, 0.25) is 0 Å². The molecule has 1 aromatic carbocycles. The van der Waals surface area contributed by atoms with Crippen molar-refractivity contribution in [3.8, 4) is 0 Å². The molecule has 1 aliphatic rings. The lowest BCUT2D eigenvalue weighted by atomic mass is 9.93. The first-order chi connectivity index (χ1) is 10.7. The van der Waals surface area contributed by atoms with Gasteiger partial charge >= 0.3 is 12.1 Å². The number of carboxylic acid groups (broad SMARTS) is 1. The van der Waals surface area contributed by atoms with Crippen molar-refractivity contribution in [2.24, 2.45) is 5.41 Å². The minimum atomic E-state index is -4.47. The summed E-state index contributed by atoms with van der Waals surface area (Å²) in [6.45, 7) is 1.71. The molecule has 7 heteroatoms. The number of carbonyl (C=O) groups is 2. The predicted molar refractivity (Wildman–Crippen MR) is 76.8 cm³/mol. The van der Waals surface area contributed by atoms with Crippen molar-refractivity contribution in [2.45, 2.75) is 38.3 Å². The third-order valence-electron chi connectivity index (χ3n) is 4.25. The minimum Gasteiger partial charge on any atom is -0.481 e. The van der Waals surface area contributed by atoms with E-state index in [1.54, 1.807) is 6.92 Å². The van der Waals surface area contributed by atoms with E-state index in [4.69, 9.17) is 5.11 Å². The van der Waals surface area contributed by atoms with Gasteiger partial charge in [-0.1, -0.05) is 25.1 Å². The van der Waals surface area contributed by atoms with Crippen molar-refractivity contribution in [2.75, 3.05) is 6.54 Å². The summed E-state index contributed by atoms with van der Waals surface area (Å²) in [5, 5.41) is 11.7. The van der Waals surface area contributed by atoms with Gasteiger partial charge in [-0.2, -0.15) is 13.2 Å². The van der Waals surface area contributed by atoms with Gasteiger partial charge in [-0.3, -0.25) is 9.59 Å². The predicted octanol–water partition coefficient (Wildman–Crippen LogP) is 3.18. The second-order valence-electron chi connectivity index (χ2n) is 5.89. The van der Waals surface area contributed by atoms with Crippen LogP contribution in [-0.4, -0.2) is 23.5 Å². The molecule has 0 aromatic heterocycles. The highest BCUT2D eigenvalue weighted by atomic mass is 19.4. The second-order valence-corrected chi connectivity index (χ2v) is 5.89. The van der Waals surface area contributed by atoms with E-state index >= 15 is 0 Å². The van der Waals surface area contributed by atoms with Crippen molar-refractivity contribution in [3.63, 3.8) is 0 Å². The number of alkyl halides is 3. The van der Waals surface area contributed by atoms with Crippen LogP contribution in [0.4, 0.5) is 13.2 Å². The molecule has 0 heterocycles. The molecule has 1 unspecified atom stereocenters. The number of nitrogens with one attached hydrogen (secondary N) is 1. The molecule has 0 spiro atoms. The highest BCUT2D eigenvalue weighted by Crippen LogP contribution is 2.45. The third kappa shape index (κ3) is 3.83. The van der Waals surface area contributed by atoms with Crippen LogP contribution in [0.1, 0.15) is 43.2 Å². The molecule has 2 rings (SSSR count). The van der Waals surface area contributed by atoms with Crippen LogP contribution >= 0.6 is 0 Å². The monoisotopic (exact) mass is 329 g/mol. The summed E-state index contributed by atoms with van der Waals surface area (Å²) in [6.07, 6.45) is -3.13. The molecular weight excluding hydrogens is 311 g/mol. The first kappa shape index (κ1) is 17.3. The zero-order valence-electron chi connectivity index (χ0n) is 12.6. The van der Waals surface area contributed by atoms with Crippen molar-refractivity contribution in [3.05, 3.63) is 35.4 Å². The maximum Gasteiger partial charge on any atom is 0.416 e. The first-order valence-corrected chi connectivity index (χ1v) is 7.38. The molecule has 0 aliphatic heterocycles. The molecule has 1 aromatic rings. The van der Waals surface area contributed by atoms with E-state index in [-0.39, 0.29) is 12.1 Å². The molecule has 1 amide bonds. The SMILES string of the molecule is CCC(C(=O)NCC1(C(=O)O)CC1)c1cccc(C(F)(F)F)c1. The molecule has 23 heavy (non-hydrogen) atoms. The van der Waals surface area contributed by atoms with E-state index in [1.165, 1.54) is 12.1 Å². The quantitative estimate of drug-likeness (QED) is 0.842. The lowest BCUT2D eigenvalue weighted by molar-refractivity contribution is -0.143. The Morgan fingerprint density at radius 1 is 1.35 bits per heavy atom. The number of aliphatic carboxylic acids is 1. The van der Waals surface area contributed by atoms with Gasteiger partial charge in [0.1, 0.15) is 0 Å². The summed E-state index contributed by atoms with van der Waals surface area (Å²) < 4.78 is 38.3. The van der Waals surface area contributed by atoms with E-state index in [1.807, 2.05) is 0 Å². The Morgan fingerprint density at radius 3 is 2.48 bits per heavy atom. The minimum absolute atomic E-state index is 0.0105. The number of halogens is 3. The van der Waals surface area contributed by atoms with Gasteiger partial charge in [0.15, 0.2) is 0 Å². The van der Waals surface area contributed by atoms with Gasteiger partial charge in [-0.05, 0) is 30.9 Å². The maximum atomic E-state index is 12.8. The zero-order chi connectivity index (χ0) is 17.3. The molecule has 1 aliphatic carbocycles. The van der Waals surface area contributed by atoms with Gasteiger partial charge in [-0.25, -0.2) is 0 Å². The van der Waals surface area contributed by atoms with Crippen molar-refractivity contribution in [1.82, 2.24) is 5.32 Å². The Morgan fingerprint density at radius 2 is 2.00 bits per heavy atom. The fraction of sp³-hybridized carbons (Fsp3) is 0.500. The molecule has 0 bridgehead atoms. The van der Waals surface area contributed by atoms with Crippen LogP contribution in [0.5, 0.6) is 0 Å². The number of carbonyl (C=O) groups excluding carboxylic acids is 1. The van der Waals surface area contributed by atoms with Crippen LogP contribution in [-0.2, 0) is 15.8 Å². The maximum absolute atomic E-state index is 12.8. The van der Waals surface area contributed by atoms with Crippen LogP contribution in [0.15, 0.2) is 24.3 Å². The molecule has 4 nitrogen and oxygen atoms in total. The molecule has 1 fully saturated rings. The fourth-order valence-electron chi connectivity index (χ4n) is 2.50. The number of carboxylic acids is 1. The highest BCUT2D eigenvalue weighted by molar-refractivity contribution is 5.85. The number of benzene rings is 1. The van der Waals surface area contributed by atoms with Crippen molar-refractivity contribution < 1.29 is 27.9 Å². The van der Waals surface area contributed by atoms with Gasteiger partial charge < -0.3 is 10.4 Å². The summed E-state index contributed by atoms with van der Waals surface area (Å²) in [4.78, 5) is 23.3. The summed E-state index contributed by atoms with van der Waals surface area (Å²) in [7, 11) is 0. The van der Waals surface area contributed by atoms with E-state index in [0.29, 0.717) is 19.3 Å². The van der Waals surface area contributed by atoms with Gasteiger partial charge in [0.25, 0.3) is 0 Å². The van der Waals surface area contributed by atoms with Crippen LogP contribution in [0, 0.1) is 5.41 Å². The molecule has 1 saturated carbocycles. The third-order valence-corrected chi connectivity index (χ3v) is 4.25. The lowest BCUT2D eigenvalue weighted by Gasteiger charge is -2.18. The lowest BCUT2D eigenvalue weighted by Crippen LogP contribution is -2.37. The van der Waals surface area contributed by atoms with Crippen LogP contribution in [0.25, 0.3) is 0 Å². The zero-order valence-corrected chi connectivity index (χ0v) is 12.6. The average Bonchev–Trinajstić information content (AvgIpc) is 3.27. The highest BCUT2D eigenvalue weighted by Gasteiger charge is 2.50. The van der Waals surface area contributed by atoms with E-state index in [0.717, 1.165) is 12.1 Å². The first-order valence-electron chi connectivity index (χ1n) is 7.38. The summed E-state index contributed by atoms with van der Waals surface area (Å²) in [6, 6.07) is 4.68. The van der Waals surface area contributed by atoms with Gasteiger partial charge in [0.05, 0.1) is 16.9 Å². The van der Waals surface area contributed by atoms with Crippen molar-refractivity contribution >= 4 is 11.9 Å². The normalized spacial score (nSPS) is 17.4. The largest absolute Gasteiger partial charge is 0.481 e. The Hall–Kier alpha value is -2.05. The van der Waals surface area contributed by atoms with Gasteiger partial charge in [-0.15, -0.1) is 0 Å². The number of hydrogen-bond donors (Lipinski definition) is 2. The second kappa shape index (κ2) is 6.22. The smallest absolute Gasteiger partial charge is 0.416 e. The summed E-state index contributed by atoms with van der Waals surface area (Å²) >= 11 is 0. The summed E-state index contributed by atoms with van der Waals surface area (Å²) in [5.41, 5.74) is -1.42. The van der Waals surface area contributed by atoms with Crippen LogP contribution in [0.3, 0.4) is 0 Å². The Labute approximate surface area is 131 Å². The molecule has 2 N–H and O–H groups in total.